The van der Waals surface area contributed by atoms with Crippen LogP contribution in [0.4, 0.5) is 10.1 Å². The molecule has 0 spiro atoms. The smallest absolute Gasteiger partial charge is 0.131 e. The van der Waals surface area contributed by atoms with E-state index in [1.807, 2.05) is 24.4 Å². The molecule has 1 fully saturated rings. The lowest BCUT2D eigenvalue weighted by molar-refractivity contribution is 0.479. The largest absolute Gasteiger partial charge is 0.387 e. The number of rotatable bonds is 3. The quantitative estimate of drug-likeness (QED) is 0.793. The van der Waals surface area contributed by atoms with Crippen LogP contribution in [0, 0.1) is 17.1 Å². The van der Waals surface area contributed by atoms with E-state index in [1.54, 1.807) is 6.07 Å². The van der Waals surface area contributed by atoms with Crippen LogP contribution in [-0.2, 0) is 6.54 Å². The van der Waals surface area contributed by atoms with Crippen molar-refractivity contribution in [2.24, 2.45) is 0 Å². The van der Waals surface area contributed by atoms with Crippen molar-refractivity contribution in [2.45, 2.75) is 25.4 Å². The standard InChI is InChI=1S/C21H21FN4/c22-20-2-1-14(12-23)9-18(20)16-10-15-3-6-25-13-19(15)21(11-16)26-17-4-7-24-8-5-17/h1-3,6,9-11,17,24-26H,4-5,7-8,13H2. The second-order valence-electron chi connectivity index (χ2n) is 6.78. The summed E-state index contributed by atoms with van der Waals surface area (Å²) in [6.45, 7) is 2.77. The molecule has 0 amide bonds. The van der Waals surface area contributed by atoms with E-state index in [9.17, 15) is 4.39 Å². The molecular formula is C21H21FN4. The highest BCUT2D eigenvalue weighted by Gasteiger charge is 2.18. The highest BCUT2D eigenvalue weighted by molar-refractivity contribution is 5.78. The molecule has 2 aromatic rings. The fraction of sp³-hybridized carbons (Fsp3) is 0.286. The molecule has 2 aromatic carbocycles. The molecule has 0 saturated carbocycles. The number of nitriles is 1. The number of benzene rings is 2. The van der Waals surface area contributed by atoms with E-state index in [2.05, 4.69) is 22.0 Å². The van der Waals surface area contributed by atoms with Crippen LogP contribution in [-0.4, -0.2) is 19.1 Å². The fourth-order valence-corrected chi connectivity index (χ4v) is 3.64. The monoisotopic (exact) mass is 348 g/mol. The molecule has 1 saturated heterocycles. The van der Waals surface area contributed by atoms with Gasteiger partial charge in [0.15, 0.2) is 0 Å². The first kappa shape index (κ1) is 16.6. The van der Waals surface area contributed by atoms with Crippen LogP contribution < -0.4 is 16.0 Å². The normalized spacial score (nSPS) is 16.5. The van der Waals surface area contributed by atoms with Crippen LogP contribution in [0.1, 0.15) is 29.5 Å². The van der Waals surface area contributed by atoms with Gasteiger partial charge in [0.05, 0.1) is 11.6 Å². The van der Waals surface area contributed by atoms with Gasteiger partial charge in [-0.15, -0.1) is 0 Å². The maximum absolute atomic E-state index is 14.4. The van der Waals surface area contributed by atoms with Gasteiger partial charge in [-0.2, -0.15) is 5.26 Å². The summed E-state index contributed by atoms with van der Waals surface area (Å²) in [5.74, 6) is -0.310. The summed E-state index contributed by atoms with van der Waals surface area (Å²) in [6.07, 6.45) is 6.07. The topological polar surface area (TPSA) is 59.9 Å². The van der Waals surface area contributed by atoms with Crippen LogP contribution in [0.3, 0.4) is 0 Å². The Morgan fingerprint density at radius 2 is 2.00 bits per heavy atom. The molecule has 0 bridgehead atoms. The average molecular weight is 348 g/mol. The fourth-order valence-electron chi connectivity index (χ4n) is 3.64. The van der Waals surface area contributed by atoms with Crippen LogP contribution in [0.5, 0.6) is 0 Å². The lowest BCUT2D eigenvalue weighted by Crippen LogP contribution is -2.35. The van der Waals surface area contributed by atoms with Gasteiger partial charge in [-0.25, -0.2) is 4.39 Å². The number of anilines is 1. The summed E-state index contributed by atoms with van der Waals surface area (Å²) in [4.78, 5) is 0. The molecule has 4 nitrogen and oxygen atoms in total. The van der Waals surface area contributed by atoms with Gasteiger partial charge in [0.25, 0.3) is 0 Å². The highest BCUT2D eigenvalue weighted by atomic mass is 19.1. The molecule has 0 unspecified atom stereocenters. The third-order valence-corrected chi connectivity index (χ3v) is 5.05. The maximum atomic E-state index is 14.4. The average Bonchev–Trinajstić information content (AvgIpc) is 2.69. The van der Waals surface area contributed by atoms with Crippen LogP contribution >= 0.6 is 0 Å². The Bertz CT molecular complexity index is 892. The predicted molar refractivity (Wildman–Crippen MR) is 102 cm³/mol. The number of nitrogens with one attached hydrogen (secondary N) is 3. The van der Waals surface area contributed by atoms with Gasteiger partial charge in [-0.3, -0.25) is 0 Å². The van der Waals surface area contributed by atoms with Gasteiger partial charge in [0, 0.05) is 29.4 Å². The van der Waals surface area contributed by atoms with Crippen LogP contribution in [0.2, 0.25) is 0 Å². The van der Waals surface area contributed by atoms with Crippen molar-refractivity contribution in [2.75, 3.05) is 18.4 Å². The van der Waals surface area contributed by atoms with Crippen molar-refractivity contribution < 1.29 is 4.39 Å². The maximum Gasteiger partial charge on any atom is 0.131 e. The lowest BCUT2D eigenvalue weighted by Gasteiger charge is -2.28. The minimum Gasteiger partial charge on any atom is -0.387 e. The minimum absolute atomic E-state index is 0.310. The Kier molecular flexibility index (Phi) is 4.59. The zero-order valence-corrected chi connectivity index (χ0v) is 14.5. The third-order valence-electron chi connectivity index (χ3n) is 5.05. The van der Waals surface area contributed by atoms with Crippen LogP contribution in [0.15, 0.2) is 36.5 Å². The van der Waals surface area contributed by atoms with E-state index in [0.717, 1.165) is 49.3 Å². The van der Waals surface area contributed by atoms with Gasteiger partial charge in [0.1, 0.15) is 5.82 Å². The summed E-state index contributed by atoms with van der Waals surface area (Å²) in [7, 11) is 0. The molecule has 0 aliphatic carbocycles. The van der Waals surface area contributed by atoms with Gasteiger partial charge < -0.3 is 16.0 Å². The van der Waals surface area contributed by atoms with E-state index in [0.29, 0.717) is 17.2 Å². The predicted octanol–water partition coefficient (Wildman–Crippen LogP) is 3.60. The summed E-state index contributed by atoms with van der Waals surface area (Å²) in [5.41, 5.74) is 5.05. The lowest BCUT2D eigenvalue weighted by atomic mass is 9.94. The number of fused-ring (bicyclic) bond motifs is 1. The molecule has 0 aromatic heterocycles. The van der Waals surface area contributed by atoms with E-state index >= 15 is 0 Å². The Morgan fingerprint density at radius 1 is 1.15 bits per heavy atom. The van der Waals surface area contributed by atoms with E-state index < -0.39 is 0 Å². The summed E-state index contributed by atoms with van der Waals surface area (Å²) in [5, 5.41) is 19.5. The molecule has 0 atom stereocenters. The molecule has 3 N–H and O–H groups in total. The number of nitrogens with zero attached hydrogens (tertiary/aromatic N) is 1. The molecule has 2 aliphatic rings. The summed E-state index contributed by atoms with van der Waals surface area (Å²) >= 11 is 0. The number of hydrogen-bond donors (Lipinski definition) is 3. The van der Waals surface area contributed by atoms with Crippen molar-refractivity contribution in [1.82, 2.24) is 10.6 Å². The Hall–Kier alpha value is -2.84. The van der Waals surface area contributed by atoms with Gasteiger partial charge in [0.2, 0.25) is 0 Å². The summed E-state index contributed by atoms with van der Waals surface area (Å²) < 4.78 is 14.4. The van der Waals surface area contributed by atoms with E-state index in [-0.39, 0.29) is 5.82 Å². The summed E-state index contributed by atoms with van der Waals surface area (Å²) in [6, 6.07) is 11.0. The second-order valence-corrected chi connectivity index (χ2v) is 6.78. The first-order valence-corrected chi connectivity index (χ1v) is 8.99. The molecule has 4 rings (SSSR count). The first-order valence-electron chi connectivity index (χ1n) is 8.99. The minimum atomic E-state index is -0.310. The Balaban J connectivity index is 1.78. The molecule has 0 radical (unpaired) electrons. The van der Waals surface area contributed by atoms with Crippen molar-refractivity contribution in [3.63, 3.8) is 0 Å². The van der Waals surface area contributed by atoms with Crippen molar-refractivity contribution in [3.8, 4) is 17.2 Å². The van der Waals surface area contributed by atoms with E-state index in [4.69, 9.17) is 5.26 Å². The molecule has 5 heteroatoms. The molecule has 2 heterocycles. The highest BCUT2D eigenvalue weighted by Crippen LogP contribution is 2.33. The second kappa shape index (κ2) is 7.19. The van der Waals surface area contributed by atoms with Gasteiger partial charge in [-0.1, -0.05) is 0 Å². The number of hydrogen-bond acceptors (Lipinski definition) is 4. The Labute approximate surface area is 152 Å². The third kappa shape index (κ3) is 3.29. The van der Waals surface area contributed by atoms with Crippen molar-refractivity contribution in [3.05, 3.63) is 59.0 Å². The van der Waals surface area contributed by atoms with Gasteiger partial charge in [-0.05, 0) is 79.7 Å². The van der Waals surface area contributed by atoms with Crippen molar-refractivity contribution >= 4 is 11.8 Å². The molecule has 2 aliphatic heterocycles. The first-order chi connectivity index (χ1) is 12.7. The molecule has 132 valence electrons. The van der Waals surface area contributed by atoms with Gasteiger partial charge >= 0.3 is 0 Å². The zero-order valence-electron chi connectivity index (χ0n) is 14.5. The van der Waals surface area contributed by atoms with Crippen molar-refractivity contribution in [1.29, 1.82) is 5.26 Å². The molecule has 26 heavy (non-hydrogen) atoms. The SMILES string of the molecule is N#Cc1ccc(F)c(-c2cc3c(c(NC4CCNCC4)c2)CNC=C3)c1. The molecular weight excluding hydrogens is 327 g/mol. The van der Waals surface area contributed by atoms with E-state index in [1.165, 1.54) is 17.7 Å². The van der Waals surface area contributed by atoms with Crippen LogP contribution in [0.25, 0.3) is 17.2 Å². The zero-order chi connectivity index (χ0) is 17.9. The number of piperidine rings is 1. The number of halogens is 1. The Morgan fingerprint density at radius 3 is 2.81 bits per heavy atom.